The highest BCUT2D eigenvalue weighted by molar-refractivity contribution is 8.17. The minimum atomic E-state index is 0.786. The highest BCUT2D eigenvalue weighted by Gasteiger charge is 2.10. The van der Waals surface area contributed by atoms with Gasteiger partial charge in [-0.15, -0.1) is 23.5 Å². The van der Waals surface area contributed by atoms with Crippen LogP contribution in [0.3, 0.4) is 0 Å². The second-order valence-electron chi connectivity index (χ2n) is 12.9. The van der Waals surface area contributed by atoms with Gasteiger partial charge in [-0.2, -0.15) is 0 Å². The molecule has 0 saturated carbocycles. The number of allylic oxidation sites excluding steroid dienone is 8. The van der Waals surface area contributed by atoms with E-state index in [-0.39, 0.29) is 0 Å². The maximum atomic E-state index is 2.40. The number of hydrogen-bond donors (Lipinski definition) is 0. The Morgan fingerprint density at radius 2 is 0.773 bits per heavy atom. The second kappa shape index (κ2) is 38.8. The van der Waals surface area contributed by atoms with Crippen LogP contribution in [0.4, 0.5) is 0 Å². The van der Waals surface area contributed by atoms with Crippen molar-refractivity contribution in [3.63, 3.8) is 0 Å². The molecule has 1 nitrogen and oxygen atoms in total. The average molecular weight is 648 g/mol. The van der Waals surface area contributed by atoms with Gasteiger partial charge in [0.15, 0.2) is 0 Å². The van der Waals surface area contributed by atoms with Crippen molar-refractivity contribution in [3.05, 3.63) is 48.6 Å². The second-order valence-corrected chi connectivity index (χ2v) is 15.9. The van der Waals surface area contributed by atoms with Crippen LogP contribution in [0.2, 0.25) is 0 Å². The average Bonchev–Trinajstić information content (AvgIpc) is 3.02. The number of rotatable bonds is 35. The molecule has 0 fully saturated rings. The standard InChI is InChI=1S/C41H77NS2/c1-5-7-9-11-13-15-17-19-21-23-25-27-29-31-33-35-39-43-41(37-38-42(3)4)44-40-36-34-32-30-28-26-24-22-20-18-16-14-12-10-8-6-2/h13-16,19-22,41H,5-12,17-18,23-40H2,1-4H3/b15-13-,16-14-,21-19-,22-20-. The molecule has 0 atom stereocenters. The van der Waals surface area contributed by atoms with Gasteiger partial charge in [0, 0.05) is 0 Å². The van der Waals surface area contributed by atoms with Crippen molar-refractivity contribution in [2.75, 3.05) is 32.1 Å². The molecule has 0 aliphatic rings. The Labute approximate surface area is 287 Å². The van der Waals surface area contributed by atoms with Crippen LogP contribution in [0.15, 0.2) is 48.6 Å². The van der Waals surface area contributed by atoms with Crippen LogP contribution in [0.25, 0.3) is 0 Å². The first kappa shape index (κ1) is 43.6. The largest absolute Gasteiger partial charge is 0.309 e. The number of thioether (sulfide) groups is 2. The van der Waals surface area contributed by atoms with Crippen LogP contribution in [0, 0.1) is 0 Å². The van der Waals surface area contributed by atoms with E-state index in [1.807, 2.05) is 0 Å². The zero-order valence-electron chi connectivity index (χ0n) is 30.3. The molecule has 0 unspecified atom stereocenters. The molecule has 3 heteroatoms. The van der Waals surface area contributed by atoms with Gasteiger partial charge < -0.3 is 4.90 Å². The Kier molecular flexibility index (Phi) is 38.5. The first-order valence-electron chi connectivity index (χ1n) is 19.2. The summed E-state index contributed by atoms with van der Waals surface area (Å²) in [6.07, 6.45) is 52.5. The summed E-state index contributed by atoms with van der Waals surface area (Å²) in [6.45, 7) is 5.77. The number of nitrogens with zero attached hydrogens (tertiary/aromatic N) is 1. The van der Waals surface area contributed by atoms with Crippen molar-refractivity contribution in [3.8, 4) is 0 Å². The molecular formula is C41H77NS2. The number of unbranched alkanes of at least 4 members (excludes halogenated alkanes) is 18. The Bertz CT molecular complexity index is 601. The molecule has 0 aromatic carbocycles. The molecule has 0 amide bonds. The van der Waals surface area contributed by atoms with Crippen molar-refractivity contribution in [2.45, 2.75) is 179 Å². The summed E-state index contributed by atoms with van der Waals surface area (Å²) in [5, 5.41) is 0. The van der Waals surface area contributed by atoms with E-state index in [0.29, 0.717) is 0 Å². The highest BCUT2D eigenvalue weighted by atomic mass is 32.2. The molecule has 0 radical (unpaired) electrons. The molecule has 0 bridgehead atoms. The van der Waals surface area contributed by atoms with Crippen LogP contribution < -0.4 is 0 Å². The molecule has 0 spiro atoms. The highest BCUT2D eigenvalue weighted by Crippen LogP contribution is 2.29. The summed E-state index contributed by atoms with van der Waals surface area (Å²) in [7, 11) is 4.44. The monoisotopic (exact) mass is 648 g/mol. The summed E-state index contributed by atoms with van der Waals surface area (Å²) in [6, 6.07) is 0. The predicted molar refractivity (Wildman–Crippen MR) is 211 cm³/mol. The van der Waals surface area contributed by atoms with Gasteiger partial charge in [0.25, 0.3) is 0 Å². The van der Waals surface area contributed by atoms with Gasteiger partial charge in [-0.3, -0.25) is 0 Å². The van der Waals surface area contributed by atoms with Crippen molar-refractivity contribution < 1.29 is 0 Å². The molecule has 0 N–H and O–H groups in total. The molecule has 0 heterocycles. The summed E-state index contributed by atoms with van der Waals surface area (Å²) in [5.41, 5.74) is 0. The fourth-order valence-electron chi connectivity index (χ4n) is 5.19. The summed E-state index contributed by atoms with van der Waals surface area (Å²) in [5.74, 6) is 2.70. The Morgan fingerprint density at radius 3 is 1.14 bits per heavy atom. The van der Waals surface area contributed by atoms with E-state index >= 15 is 0 Å². The SMILES string of the molecule is CCCCC/C=C\C/C=C\CCCCCCCCSC(CCN(C)C)SCCCCCCCC/C=C\C/C=C\CCCCC. The Balaban J connectivity index is 3.67. The lowest BCUT2D eigenvalue weighted by Crippen LogP contribution is -2.17. The van der Waals surface area contributed by atoms with Crippen molar-refractivity contribution in [2.24, 2.45) is 0 Å². The molecule has 0 aromatic rings. The third kappa shape index (κ3) is 37.8. The van der Waals surface area contributed by atoms with E-state index in [1.165, 1.54) is 166 Å². The van der Waals surface area contributed by atoms with Crippen molar-refractivity contribution in [1.82, 2.24) is 4.90 Å². The lowest BCUT2D eigenvalue weighted by molar-refractivity contribution is 0.407. The molecule has 44 heavy (non-hydrogen) atoms. The topological polar surface area (TPSA) is 3.24 Å². The van der Waals surface area contributed by atoms with E-state index in [2.05, 4.69) is 105 Å². The molecular weight excluding hydrogens is 571 g/mol. The molecule has 0 aromatic heterocycles. The fraction of sp³-hybridized carbons (Fsp3) is 0.805. The third-order valence-electron chi connectivity index (χ3n) is 8.11. The smallest absolute Gasteiger partial charge is 0.0514 e. The molecule has 0 aliphatic heterocycles. The van der Waals surface area contributed by atoms with E-state index in [4.69, 9.17) is 0 Å². The fourth-order valence-corrected chi connectivity index (χ4v) is 7.96. The van der Waals surface area contributed by atoms with Gasteiger partial charge in [-0.1, -0.05) is 140 Å². The first-order chi connectivity index (χ1) is 21.7. The first-order valence-corrected chi connectivity index (χ1v) is 21.3. The van der Waals surface area contributed by atoms with E-state index in [1.54, 1.807) is 0 Å². The lowest BCUT2D eigenvalue weighted by atomic mass is 10.1. The zero-order chi connectivity index (χ0) is 32.0. The van der Waals surface area contributed by atoms with Crippen LogP contribution in [0.5, 0.6) is 0 Å². The van der Waals surface area contributed by atoms with E-state index in [0.717, 1.165) is 17.4 Å². The zero-order valence-corrected chi connectivity index (χ0v) is 31.9. The Morgan fingerprint density at radius 1 is 0.432 bits per heavy atom. The van der Waals surface area contributed by atoms with Crippen LogP contribution in [-0.2, 0) is 0 Å². The lowest BCUT2D eigenvalue weighted by Gasteiger charge is -2.19. The number of hydrogen-bond acceptors (Lipinski definition) is 3. The van der Waals surface area contributed by atoms with Gasteiger partial charge in [0.05, 0.1) is 4.58 Å². The molecule has 0 aliphatic carbocycles. The summed E-state index contributed by atoms with van der Waals surface area (Å²) >= 11 is 4.50. The predicted octanol–water partition coefficient (Wildman–Crippen LogP) is 14.4. The van der Waals surface area contributed by atoms with Gasteiger partial charge in [0.2, 0.25) is 0 Å². The summed E-state index contributed by atoms with van der Waals surface area (Å²) < 4.78 is 0.786. The quantitative estimate of drug-likeness (QED) is 0.0383. The van der Waals surface area contributed by atoms with Crippen LogP contribution in [0.1, 0.15) is 174 Å². The van der Waals surface area contributed by atoms with Gasteiger partial charge in [-0.25, -0.2) is 0 Å². The van der Waals surface area contributed by atoms with Gasteiger partial charge in [-0.05, 0) is 116 Å². The maximum Gasteiger partial charge on any atom is 0.0514 e. The van der Waals surface area contributed by atoms with Gasteiger partial charge >= 0.3 is 0 Å². The Hall–Kier alpha value is -0.380. The van der Waals surface area contributed by atoms with Crippen molar-refractivity contribution in [1.29, 1.82) is 0 Å². The maximum absolute atomic E-state index is 2.40. The normalized spacial score (nSPS) is 12.6. The minimum absolute atomic E-state index is 0.786. The minimum Gasteiger partial charge on any atom is -0.309 e. The van der Waals surface area contributed by atoms with Crippen LogP contribution in [-0.4, -0.2) is 41.6 Å². The van der Waals surface area contributed by atoms with E-state index in [9.17, 15) is 0 Å². The van der Waals surface area contributed by atoms with E-state index < -0.39 is 0 Å². The molecule has 258 valence electrons. The van der Waals surface area contributed by atoms with Crippen LogP contribution >= 0.6 is 23.5 Å². The third-order valence-corrected chi connectivity index (χ3v) is 11.2. The van der Waals surface area contributed by atoms with Crippen molar-refractivity contribution >= 4 is 23.5 Å². The summed E-state index contributed by atoms with van der Waals surface area (Å²) in [4.78, 5) is 2.36. The van der Waals surface area contributed by atoms with Gasteiger partial charge in [0.1, 0.15) is 0 Å². The molecule has 0 rings (SSSR count). The molecule has 0 saturated heterocycles.